The molecule has 2 atom stereocenters. The second-order valence-corrected chi connectivity index (χ2v) is 8.16. The molecule has 1 aliphatic heterocycles. The van der Waals surface area contributed by atoms with E-state index in [1.54, 1.807) is 22.7 Å². The fourth-order valence-corrected chi connectivity index (χ4v) is 2.67. The Morgan fingerprint density at radius 3 is 2.58 bits per heavy atom. The van der Waals surface area contributed by atoms with Crippen LogP contribution in [0.25, 0.3) is 0 Å². The molecule has 0 aliphatic carbocycles. The largest absolute Gasteiger partial charge is 0.374 e. The number of nitrogens with zero attached hydrogens (tertiary/aromatic N) is 2. The molecule has 0 bridgehead atoms. The number of amides is 1. The van der Waals surface area contributed by atoms with Gasteiger partial charge in [0.1, 0.15) is 6.07 Å². The smallest absolute Gasteiger partial charge is 0.227 e. The Morgan fingerprint density at radius 2 is 2.04 bits per heavy atom. The van der Waals surface area contributed by atoms with Crippen LogP contribution in [0, 0.1) is 11.3 Å². The second kappa shape index (κ2) is 9.42. The third kappa shape index (κ3) is 6.09. The van der Waals surface area contributed by atoms with E-state index in [0.717, 1.165) is 11.7 Å². The SMILES string of the molecule is CC(C)(C)OC[C@@H]1CCC(=O)N1c1cc(P)ccc1C#N.CSC. The van der Waals surface area contributed by atoms with Crippen molar-refractivity contribution >= 4 is 37.9 Å². The molecule has 4 nitrogen and oxygen atoms in total. The summed E-state index contributed by atoms with van der Waals surface area (Å²) >= 11 is 1.75. The molecule has 1 aromatic carbocycles. The lowest BCUT2D eigenvalue weighted by molar-refractivity contribution is -0.117. The van der Waals surface area contributed by atoms with Gasteiger partial charge < -0.3 is 9.64 Å². The Hall–Kier alpha value is -1.08. The van der Waals surface area contributed by atoms with E-state index in [2.05, 4.69) is 15.3 Å². The van der Waals surface area contributed by atoms with E-state index in [9.17, 15) is 10.1 Å². The third-order valence-corrected chi connectivity index (χ3v) is 3.79. The van der Waals surface area contributed by atoms with Gasteiger partial charge in [-0.1, -0.05) is 6.07 Å². The first-order chi connectivity index (χ1) is 11.2. The lowest BCUT2D eigenvalue weighted by Crippen LogP contribution is -2.39. The molecule has 1 aromatic rings. The Kier molecular flexibility index (Phi) is 8.22. The van der Waals surface area contributed by atoms with Crippen LogP contribution in [-0.4, -0.2) is 36.7 Å². The van der Waals surface area contributed by atoms with Crippen LogP contribution in [0.4, 0.5) is 5.69 Å². The highest BCUT2D eigenvalue weighted by Gasteiger charge is 2.34. The monoisotopic (exact) mass is 366 g/mol. The number of carbonyl (C=O) groups excluding carboxylic acids is 1. The fourth-order valence-electron chi connectivity index (χ4n) is 2.42. The van der Waals surface area contributed by atoms with Crippen molar-refractivity contribution in [1.82, 2.24) is 0 Å². The minimum atomic E-state index is -0.238. The summed E-state index contributed by atoms with van der Waals surface area (Å²) in [4.78, 5) is 14.0. The van der Waals surface area contributed by atoms with E-state index in [-0.39, 0.29) is 17.6 Å². The molecule has 1 fully saturated rings. The first kappa shape index (κ1) is 21.0. The van der Waals surface area contributed by atoms with Crippen molar-refractivity contribution in [3.63, 3.8) is 0 Å². The summed E-state index contributed by atoms with van der Waals surface area (Å²) in [5.74, 6) is 0.0598. The van der Waals surface area contributed by atoms with Crippen LogP contribution in [0.3, 0.4) is 0 Å². The molecule has 1 saturated heterocycles. The van der Waals surface area contributed by atoms with Gasteiger partial charge in [-0.2, -0.15) is 17.0 Å². The Morgan fingerprint density at radius 1 is 1.42 bits per heavy atom. The molecular formula is C18H27N2O2PS. The molecule has 0 N–H and O–H groups in total. The molecule has 1 unspecified atom stereocenters. The van der Waals surface area contributed by atoms with Crippen LogP contribution in [0.5, 0.6) is 0 Å². The fraction of sp³-hybridized carbons (Fsp3) is 0.556. The maximum atomic E-state index is 12.2. The topological polar surface area (TPSA) is 53.3 Å². The predicted octanol–water partition coefficient (Wildman–Crippen LogP) is 3.35. The molecule has 0 radical (unpaired) electrons. The number of nitriles is 1. The molecular weight excluding hydrogens is 339 g/mol. The summed E-state index contributed by atoms with van der Waals surface area (Å²) in [6.45, 7) is 6.48. The van der Waals surface area contributed by atoms with Crippen molar-refractivity contribution in [2.75, 3.05) is 24.0 Å². The van der Waals surface area contributed by atoms with Gasteiger partial charge in [-0.3, -0.25) is 4.79 Å². The Labute approximate surface area is 152 Å². The lowest BCUT2D eigenvalue weighted by Gasteiger charge is -2.29. The van der Waals surface area contributed by atoms with E-state index in [1.807, 2.05) is 45.4 Å². The van der Waals surface area contributed by atoms with E-state index < -0.39 is 0 Å². The van der Waals surface area contributed by atoms with Crippen LogP contribution in [0.1, 0.15) is 39.2 Å². The van der Waals surface area contributed by atoms with E-state index in [4.69, 9.17) is 4.74 Å². The summed E-state index contributed by atoms with van der Waals surface area (Å²) in [5.41, 5.74) is 0.977. The second-order valence-electron chi connectivity index (χ2n) is 6.68. The summed E-state index contributed by atoms with van der Waals surface area (Å²) in [7, 11) is 2.60. The average molecular weight is 366 g/mol. The van der Waals surface area contributed by atoms with Crippen molar-refractivity contribution in [3.8, 4) is 6.07 Å². The van der Waals surface area contributed by atoms with Gasteiger partial charge in [0.25, 0.3) is 0 Å². The number of anilines is 1. The van der Waals surface area contributed by atoms with Crippen LogP contribution in [0.15, 0.2) is 18.2 Å². The molecule has 6 heteroatoms. The highest BCUT2D eigenvalue weighted by molar-refractivity contribution is 7.97. The molecule has 0 saturated carbocycles. The summed E-state index contributed by atoms with van der Waals surface area (Å²) in [6, 6.07) is 7.65. The van der Waals surface area contributed by atoms with Crippen LogP contribution in [-0.2, 0) is 9.53 Å². The number of hydrogen-bond donors (Lipinski definition) is 0. The van der Waals surface area contributed by atoms with Crippen LogP contribution in [0.2, 0.25) is 0 Å². The van der Waals surface area contributed by atoms with Crippen molar-refractivity contribution < 1.29 is 9.53 Å². The van der Waals surface area contributed by atoms with Gasteiger partial charge in [0.15, 0.2) is 0 Å². The van der Waals surface area contributed by atoms with E-state index in [0.29, 0.717) is 24.3 Å². The molecule has 1 aliphatic rings. The predicted molar refractivity (Wildman–Crippen MR) is 106 cm³/mol. The molecule has 1 amide bonds. The number of benzene rings is 1. The van der Waals surface area contributed by atoms with E-state index >= 15 is 0 Å². The molecule has 1 heterocycles. The molecule has 2 rings (SSSR count). The van der Waals surface area contributed by atoms with Gasteiger partial charge in [0.05, 0.1) is 29.5 Å². The third-order valence-electron chi connectivity index (χ3n) is 3.44. The summed E-state index contributed by atoms with van der Waals surface area (Å²) < 4.78 is 5.84. The number of hydrogen-bond acceptors (Lipinski definition) is 4. The maximum absolute atomic E-state index is 12.2. The quantitative estimate of drug-likeness (QED) is 0.770. The summed E-state index contributed by atoms with van der Waals surface area (Å²) in [6.07, 6.45) is 5.35. The molecule has 132 valence electrons. The number of carbonyl (C=O) groups is 1. The van der Waals surface area contributed by atoms with Crippen LogP contribution < -0.4 is 10.2 Å². The highest BCUT2D eigenvalue weighted by atomic mass is 32.2. The standard InChI is InChI=1S/C16H21N2O2P.C2H6S/c1-16(2,3)20-10-12-5-7-15(19)18(12)14-8-13(21)6-4-11(14)9-17;1-3-2/h4,6,8,12H,5,7,10,21H2,1-3H3;1-2H3/t12-;/m0./s1. The first-order valence-electron chi connectivity index (χ1n) is 7.89. The minimum absolute atomic E-state index is 0.00405. The maximum Gasteiger partial charge on any atom is 0.227 e. The van der Waals surface area contributed by atoms with Gasteiger partial charge >= 0.3 is 0 Å². The highest BCUT2D eigenvalue weighted by Crippen LogP contribution is 2.30. The number of thioether (sulfide) groups is 1. The van der Waals surface area contributed by atoms with Gasteiger partial charge in [-0.05, 0) is 57.1 Å². The minimum Gasteiger partial charge on any atom is -0.374 e. The van der Waals surface area contributed by atoms with Gasteiger partial charge in [-0.25, -0.2) is 0 Å². The zero-order chi connectivity index (χ0) is 18.3. The molecule has 24 heavy (non-hydrogen) atoms. The summed E-state index contributed by atoms with van der Waals surface area (Å²) in [5, 5.41) is 10.2. The zero-order valence-electron chi connectivity index (χ0n) is 15.1. The normalized spacial score (nSPS) is 17.3. The Bertz CT molecular complexity index is 608. The van der Waals surface area contributed by atoms with Crippen molar-refractivity contribution in [2.45, 2.75) is 45.3 Å². The average Bonchev–Trinajstić information content (AvgIpc) is 2.86. The van der Waals surface area contributed by atoms with Gasteiger partial charge in [0, 0.05) is 6.42 Å². The van der Waals surface area contributed by atoms with E-state index in [1.165, 1.54) is 0 Å². The van der Waals surface area contributed by atoms with Crippen molar-refractivity contribution in [3.05, 3.63) is 23.8 Å². The number of rotatable bonds is 3. The van der Waals surface area contributed by atoms with Gasteiger partial charge in [-0.15, -0.1) is 9.24 Å². The molecule has 0 spiro atoms. The van der Waals surface area contributed by atoms with Crippen molar-refractivity contribution in [2.24, 2.45) is 0 Å². The number of ether oxygens (including phenoxy) is 1. The zero-order valence-corrected chi connectivity index (χ0v) is 17.1. The van der Waals surface area contributed by atoms with Crippen molar-refractivity contribution in [1.29, 1.82) is 5.26 Å². The Balaban J connectivity index is 0.000000891. The lowest BCUT2D eigenvalue weighted by atomic mass is 10.1. The molecule has 0 aromatic heterocycles. The van der Waals surface area contributed by atoms with Gasteiger partial charge in [0.2, 0.25) is 5.91 Å². The van der Waals surface area contributed by atoms with Crippen LogP contribution >= 0.6 is 21.0 Å². The first-order valence-corrected chi connectivity index (χ1v) is 10.1.